The molecule has 1 aliphatic heterocycles. The Morgan fingerprint density at radius 2 is 2.04 bits per heavy atom. The second kappa shape index (κ2) is 8.02. The summed E-state index contributed by atoms with van der Waals surface area (Å²) in [5.41, 5.74) is 1.66. The number of rotatable bonds is 5. The number of aromatic nitrogens is 2. The third-order valence-electron chi connectivity index (χ3n) is 4.93. The second-order valence-corrected chi connectivity index (χ2v) is 7.11. The third kappa shape index (κ3) is 3.73. The van der Waals surface area contributed by atoms with E-state index in [2.05, 4.69) is 10.1 Å². The van der Waals surface area contributed by atoms with E-state index in [1.807, 2.05) is 47.4 Å². The molecule has 1 amide bonds. The molecular formula is C21H20ClN3O3. The molecule has 1 aromatic heterocycles. The molecule has 7 heteroatoms. The Morgan fingerprint density at radius 3 is 2.79 bits per heavy atom. The quantitative estimate of drug-likeness (QED) is 0.641. The highest BCUT2D eigenvalue weighted by atomic mass is 35.5. The molecule has 3 aromatic rings. The van der Waals surface area contributed by atoms with Crippen LogP contribution in [0, 0.1) is 0 Å². The molecule has 2 heterocycles. The summed E-state index contributed by atoms with van der Waals surface area (Å²) in [6, 6.07) is 14.7. The van der Waals surface area contributed by atoms with Crippen LogP contribution in [0.4, 0.5) is 0 Å². The predicted octanol–water partition coefficient (Wildman–Crippen LogP) is 4.30. The number of methoxy groups -OCH3 is 1. The van der Waals surface area contributed by atoms with E-state index in [4.69, 9.17) is 20.9 Å². The van der Waals surface area contributed by atoms with Crippen molar-refractivity contribution in [3.05, 3.63) is 65.0 Å². The summed E-state index contributed by atoms with van der Waals surface area (Å²) in [7, 11) is 1.62. The van der Waals surface area contributed by atoms with Gasteiger partial charge in [-0.1, -0.05) is 41.0 Å². The highest BCUT2D eigenvalue weighted by Crippen LogP contribution is 2.33. The number of amides is 1. The summed E-state index contributed by atoms with van der Waals surface area (Å²) in [6.45, 7) is 0.684. The van der Waals surface area contributed by atoms with Crippen molar-refractivity contribution in [2.24, 2.45) is 0 Å². The first-order valence-electron chi connectivity index (χ1n) is 9.16. The highest BCUT2D eigenvalue weighted by Gasteiger charge is 2.34. The van der Waals surface area contributed by atoms with Crippen LogP contribution in [0.25, 0.3) is 11.4 Å². The average molecular weight is 398 g/mol. The number of hydrogen-bond acceptors (Lipinski definition) is 5. The molecule has 144 valence electrons. The third-order valence-corrected chi connectivity index (χ3v) is 5.26. The average Bonchev–Trinajstić information content (AvgIpc) is 3.38. The topological polar surface area (TPSA) is 68.5 Å². The van der Waals surface area contributed by atoms with Gasteiger partial charge in [0.1, 0.15) is 11.8 Å². The molecule has 1 aliphatic rings. The number of nitrogens with zero attached hydrogens (tertiary/aromatic N) is 3. The van der Waals surface area contributed by atoms with Crippen molar-refractivity contribution < 1.29 is 14.1 Å². The van der Waals surface area contributed by atoms with Crippen molar-refractivity contribution >= 4 is 17.5 Å². The van der Waals surface area contributed by atoms with E-state index in [9.17, 15) is 4.79 Å². The Morgan fingerprint density at radius 1 is 1.25 bits per heavy atom. The summed E-state index contributed by atoms with van der Waals surface area (Å²) in [6.07, 6.45) is 2.04. The second-order valence-electron chi connectivity index (χ2n) is 6.71. The first kappa shape index (κ1) is 18.5. The number of ether oxygens (including phenoxy) is 1. The van der Waals surface area contributed by atoms with Crippen LogP contribution in [-0.4, -0.2) is 34.6 Å². The van der Waals surface area contributed by atoms with Gasteiger partial charge in [-0.05, 0) is 42.7 Å². The minimum absolute atomic E-state index is 0.0464. The van der Waals surface area contributed by atoms with Crippen LogP contribution in [0.1, 0.15) is 30.3 Å². The fourth-order valence-corrected chi connectivity index (χ4v) is 3.68. The number of carbonyl (C=O) groups is 1. The van der Waals surface area contributed by atoms with E-state index < -0.39 is 0 Å². The zero-order chi connectivity index (χ0) is 19.5. The fourth-order valence-electron chi connectivity index (χ4n) is 3.46. The summed E-state index contributed by atoms with van der Waals surface area (Å²) in [5.74, 6) is 1.71. The molecule has 0 N–H and O–H groups in total. The van der Waals surface area contributed by atoms with Gasteiger partial charge in [0.25, 0.3) is 0 Å². The minimum atomic E-state index is -0.200. The Bertz CT molecular complexity index is 971. The van der Waals surface area contributed by atoms with E-state index in [1.54, 1.807) is 13.2 Å². The SMILES string of the molecule is COc1ccc(CC(=O)N2CCC[C@@H]2c2nc(-c3ccccc3Cl)no2)cc1. The number of carbonyl (C=O) groups excluding carboxylic acids is 1. The molecule has 0 bridgehead atoms. The summed E-state index contributed by atoms with van der Waals surface area (Å²) in [5, 5.41) is 4.63. The van der Waals surface area contributed by atoms with E-state index >= 15 is 0 Å². The van der Waals surface area contributed by atoms with Crippen LogP contribution in [0.15, 0.2) is 53.1 Å². The molecule has 1 saturated heterocycles. The Labute approximate surface area is 168 Å². The number of hydrogen-bond donors (Lipinski definition) is 0. The molecule has 0 aliphatic carbocycles. The number of likely N-dealkylation sites (tertiary alicyclic amines) is 1. The number of halogens is 1. The van der Waals surface area contributed by atoms with E-state index in [-0.39, 0.29) is 11.9 Å². The molecule has 2 aromatic carbocycles. The summed E-state index contributed by atoms with van der Waals surface area (Å²) < 4.78 is 10.7. The molecular weight excluding hydrogens is 378 g/mol. The minimum Gasteiger partial charge on any atom is -0.497 e. The van der Waals surface area contributed by atoms with Gasteiger partial charge in [-0.15, -0.1) is 0 Å². The molecule has 0 radical (unpaired) electrons. The smallest absolute Gasteiger partial charge is 0.249 e. The lowest BCUT2D eigenvalue weighted by molar-refractivity contribution is -0.131. The molecule has 1 atom stereocenters. The molecule has 4 rings (SSSR count). The van der Waals surface area contributed by atoms with Crippen LogP contribution in [0.2, 0.25) is 5.02 Å². The molecule has 28 heavy (non-hydrogen) atoms. The van der Waals surface area contributed by atoms with Gasteiger partial charge in [0, 0.05) is 12.1 Å². The molecule has 1 fully saturated rings. The maximum absolute atomic E-state index is 12.9. The van der Waals surface area contributed by atoms with Gasteiger partial charge in [-0.25, -0.2) is 0 Å². The molecule has 6 nitrogen and oxygen atoms in total. The first-order valence-corrected chi connectivity index (χ1v) is 9.54. The molecule has 0 spiro atoms. The van der Waals surface area contributed by atoms with Crippen LogP contribution >= 0.6 is 11.6 Å². The van der Waals surface area contributed by atoms with Gasteiger partial charge in [0.2, 0.25) is 17.6 Å². The molecule has 0 unspecified atom stereocenters. The number of benzene rings is 2. The van der Waals surface area contributed by atoms with Gasteiger partial charge in [0.05, 0.1) is 18.6 Å². The van der Waals surface area contributed by atoms with Crippen molar-refractivity contribution in [3.63, 3.8) is 0 Å². The van der Waals surface area contributed by atoms with Gasteiger partial charge >= 0.3 is 0 Å². The first-order chi connectivity index (χ1) is 13.7. The van der Waals surface area contributed by atoms with Crippen LogP contribution < -0.4 is 4.74 Å². The maximum Gasteiger partial charge on any atom is 0.249 e. The standard InChI is InChI=1S/C21H20ClN3O3/c1-27-15-10-8-14(9-11-15)13-19(26)25-12-4-7-18(25)21-23-20(24-28-21)16-5-2-3-6-17(16)22/h2-3,5-6,8-11,18H,4,7,12-13H2,1H3/t18-/m1/s1. The Kier molecular flexibility index (Phi) is 5.30. The summed E-state index contributed by atoms with van der Waals surface area (Å²) in [4.78, 5) is 19.2. The molecule has 0 saturated carbocycles. The van der Waals surface area contributed by atoms with Gasteiger partial charge in [-0.3, -0.25) is 4.79 Å². The fraction of sp³-hybridized carbons (Fsp3) is 0.286. The lowest BCUT2D eigenvalue weighted by Crippen LogP contribution is -2.32. The van der Waals surface area contributed by atoms with Gasteiger partial charge in [0.15, 0.2) is 0 Å². The monoisotopic (exact) mass is 397 g/mol. The van der Waals surface area contributed by atoms with E-state index in [0.717, 1.165) is 24.2 Å². The summed E-state index contributed by atoms with van der Waals surface area (Å²) >= 11 is 6.22. The normalized spacial score (nSPS) is 16.4. The van der Waals surface area contributed by atoms with Crippen molar-refractivity contribution in [1.82, 2.24) is 15.0 Å². The maximum atomic E-state index is 12.9. The Balaban J connectivity index is 1.50. The lowest BCUT2D eigenvalue weighted by Gasteiger charge is -2.22. The van der Waals surface area contributed by atoms with Gasteiger partial charge in [-0.2, -0.15) is 4.98 Å². The Hall–Kier alpha value is -2.86. The lowest BCUT2D eigenvalue weighted by atomic mass is 10.1. The van der Waals surface area contributed by atoms with E-state index in [1.165, 1.54) is 0 Å². The van der Waals surface area contributed by atoms with Crippen molar-refractivity contribution in [3.8, 4) is 17.1 Å². The predicted molar refractivity (Wildman–Crippen MR) is 105 cm³/mol. The van der Waals surface area contributed by atoms with E-state index in [0.29, 0.717) is 35.3 Å². The van der Waals surface area contributed by atoms with Crippen LogP contribution in [0.3, 0.4) is 0 Å². The van der Waals surface area contributed by atoms with Gasteiger partial charge < -0.3 is 14.2 Å². The zero-order valence-corrected chi connectivity index (χ0v) is 16.2. The highest BCUT2D eigenvalue weighted by molar-refractivity contribution is 6.33. The van der Waals surface area contributed by atoms with Crippen LogP contribution in [-0.2, 0) is 11.2 Å². The van der Waals surface area contributed by atoms with Crippen LogP contribution in [0.5, 0.6) is 5.75 Å². The largest absolute Gasteiger partial charge is 0.497 e. The zero-order valence-electron chi connectivity index (χ0n) is 15.5. The van der Waals surface area contributed by atoms with Crippen molar-refractivity contribution in [2.75, 3.05) is 13.7 Å². The van der Waals surface area contributed by atoms with Crippen molar-refractivity contribution in [1.29, 1.82) is 0 Å². The van der Waals surface area contributed by atoms with Crippen molar-refractivity contribution in [2.45, 2.75) is 25.3 Å².